The number of carbonyl (C=O) groups is 2. The van der Waals surface area contributed by atoms with Gasteiger partial charge in [0, 0.05) is 19.6 Å². The maximum atomic E-state index is 12.1. The summed E-state index contributed by atoms with van der Waals surface area (Å²) in [5, 5.41) is 3.71. The maximum absolute atomic E-state index is 12.1. The summed E-state index contributed by atoms with van der Waals surface area (Å²) < 4.78 is 4.93. The molecule has 1 heterocycles. The molecule has 0 spiro atoms. The third-order valence-corrected chi connectivity index (χ3v) is 3.44. The van der Waals surface area contributed by atoms with Crippen molar-refractivity contribution in [2.75, 3.05) is 26.7 Å². The Labute approximate surface area is 125 Å². The van der Waals surface area contributed by atoms with E-state index in [1.54, 1.807) is 6.21 Å². The fraction of sp³-hybridized carbons (Fsp3) is 0.643. The predicted molar refractivity (Wildman–Crippen MR) is 79.2 cm³/mol. The van der Waals surface area contributed by atoms with Crippen molar-refractivity contribution in [1.82, 2.24) is 9.80 Å². The van der Waals surface area contributed by atoms with Crippen LogP contribution in [0.4, 0.5) is 9.59 Å². The van der Waals surface area contributed by atoms with Gasteiger partial charge in [-0.15, -0.1) is 0 Å². The molecule has 1 rings (SSSR count). The van der Waals surface area contributed by atoms with E-state index in [2.05, 4.69) is 9.99 Å². The first-order valence-electron chi connectivity index (χ1n) is 7.09. The molecule has 0 radical (unpaired) electrons. The molecule has 0 aromatic carbocycles. The minimum Gasteiger partial charge on any atom is -0.399 e. The van der Waals surface area contributed by atoms with Crippen molar-refractivity contribution in [1.29, 1.82) is 0 Å². The van der Waals surface area contributed by atoms with Crippen LogP contribution in [0.25, 0.3) is 0 Å². The van der Waals surface area contributed by atoms with E-state index >= 15 is 0 Å². The minimum absolute atomic E-state index is 0.213. The highest BCUT2D eigenvalue weighted by Crippen LogP contribution is 2.18. The van der Waals surface area contributed by atoms with Gasteiger partial charge in [-0.2, -0.15) is 0 Å². The first-order valence-corrected chi connectivity index (χ1v) is 7.09. The lowest BCUT2D eigenvalue weighted by atomic mass is 10.0. The van der Waals surface area contributed by atoms with Gasteiger partial charge in [-0.3, -0.25) is 0 Å². The van der Waals surface area contributed by atoms with Gasteiger partial charge in [0.1, 0.15) is 7.11 Å². The quantitative estimate of drug-likeness (QED) is 0.453. The molecule has 0 aliphatic carbocycles. The van der Waals surface area contributed by atoms with Crippen LogP contribution >= 0.6 is 0 Å². The van der Waals surface area contributed by atoms with Gasteiger partial charge in [0.25, 0.3) is 0 Å². The number of amides is 2. The van der Waals surface area contributed by atoms with Gasteiger partial charge in [-0.25, -0.2) is 9.59 Å². The normalized spacial score (nSPS) is 18.4. The van der Waals surface area contributed by atoms with Gasteiger partial charge in [0.05, 0.1) is 12.3 Å². The molecule has 1 unspecified atom stereocenters. The molecule has 7 heteroatoms. The molecule has 7 nitrogen and oxygen atoms in total. The average Bonchev–Trinajstić information content (AvgIpc) is 2.47. The summed E-state index contributed by atoms with van der Waals surface area (Å²) >= 11 is 0. The number of ether oxygens (including phenoxy) is 1. The van der Waals surface area contributed by atoms with E-state index in [0.29, 0.717) is 26.1 Å². The van der Waals surface area contributed by atoms with Crippen molar-refractivity contribution in [2.24, 2.45) is 5.16 Å². The Morgan fingerprint density at radius 3 is 2.71 bits per heavy atom. The van der Waals surface area contributed by atoms with Crippen LogP contribution in [0.2, 0.25) is 0 Å². The van der Waals surface area contributed by atoms with Crippen molar-refractivity contribution in [3.63, 3.8) is 0 Å². The summed E-state index contributed by atoms with van der Waals surface area (Å²) in [5.41, 5.74) is 0.857. The summed E-state index contributed by atoms with van der Waals surface area (Å²) in [6.07, 6.45) is 3.00. The van der Waals surface area contributed by atoms with Crippen molar-refractivity contribution in [2.45, 2.75) is 33.2 Å². The Morgan fingerprint density at radius 1 is 1.48 bits per heavy atom. The molecule has 1 aliphatic heterocycles. The lowest BCUT2D eigenvalue weighted by Crippen LogP contribution is -2.45. The predicted octanol–water partition coefficient (Wildman–Crippen LogP) is 2.24. The molecule has 1 atom stereocenters. The van der Waals surface area contributed by atoms with Crippen molar-refractivity contribution in [3.8, 4) is 0 Å². The molecular formula is C14H23N3O4. The second-order valence-electron chi connectivity index (χ2n) is 4.59. The smallest absolute Gasteiger partial charge is 0.399 e. The van der Waals surface area contributed by atoms with Gasteiger partial charge in [0.2, 0.25) is 0 Å². The van der Waals surface area contributed by atoms with Crippen LogP contribution in [0.15, 0.2) is 16.8 Å². The van der Waals surface area contributed by atoms with Crippen LogP contribution < -0.4 is 0 Å². The van der Waals surface area contributed by atoms with Gasteiger partial charge < -0.3 is 19.4 Å². The summed E-state index contributed by atoms with van der Waals surface area (Å²) in [6, 6.07) is -0.213. The van der Waals surface area contributed by atoms with Crippen LogP contribution in [0.1, 0.15) is 27.2 Å². The van der Waals surface area contributed by atoms with Crippen LogP contribution in [-0.4, -0.2) is 61.0 Å². The Kier molecular flexibility index (Phi) is 6.71. The van der Waals surface area contributed by atoms with Gasteiger partial charge in [-0.05, 0) is 32.8 Å². The third-order valence-electron chi connectivity index (χ3n) is 3.44. The zero-order valence-electron chi connectivity index (χ0n) is 13.0. The fourth-order valence-electron chi connectivity index (χ4n) is 2.12. The zero-order chi connectivity index (χ0) is 15.8. The van der Waals surface area contributed by atoms with E-state index in [0.717, 1.165) is 5.57 Å². The number of hydrogen-bond acceptors (Lipinski definition) is 5. The Balaban J connectivity index is 2.68. The number of rotatable bonds is 4. The largest absolute Gasteiger partial charge is 0.419 e. The topological polar surface area (TPSA) is 71.4 Å². The van der Waals surface area contributed by atoms with Crippen LogP contribution in [0, 0.1) is 0 Å². The average molecular weight is 297 g/mol. The van der Waals surface area contributed by atoms with Gasteiger partial charge >= 0.3 is 12.2 Å². The molecule has 0 aromatic rings. The minimum atomic E-state index is -0.629. The molecule has 0 bridgehead atoms. The van der Waals surface area contributed by atoms with Gasteiger partial charge in [-0.1, -0.05) is 11.2 Å². The zero-order valence-corrected chi connectivity index (χ0v) is 13.0. The molecule has 0 N–H and O–H groups in total. The SMILES string of the molecule is CCN(CC)C(=O)OC(=O)N1CCC=C(C=NOC)C1C. The number of hydrogen-bond donors (Lipinski definition) is 0. The molecule has 0 saturated carbocycles. The highest BCUT2D eigenvalue weighted by molar-refractivity contribution is 5.86. The van der Waals surface area contributed by atoms with Crippen molar-refractivity contribution < 1.29 is 19.2 Å². The monoisotopic (exact) mass is 297 g/mol. The van der Waals surface area contributed by atoms with E-state index in [1.807, 2.05) is 26.8 Å². The summed E-state index contributed by atoms with van der Waals surface area (Å²) in [4.78, 5) is 31.6. The van der Waals surface area contributed by atoms with Crippen LogP contribution in [0.3, 0.4) is 0 Å². The van der Waals surface area contributed by atoms with Crippen LogP contribution in [-0.2, 0) is 9.57 Å². The molecule has 0 fully saturated rings. The lowest BCUT2D eigenvalue weighted by molar-refractivity contribution is 0.0903. The summed E-state index contributed by atoms with van der Waals surface area (Å²) in [6.45, 7) is 7.04. The van der Waals surface area contributed by atoms with E-state index in [9.17, 15) is 9.59 Å². The molecule has 1 aliphatic rings. The second-order valence-corrected chi connectivity index (χ2v) is 4.59. The number of oxime groups is 1. The Hall–Kier alpha value is -2.05. The number of carbonyl (C=O) groups excluding carboxylic acids is 2. The first-order chi connectivity index (χ1) is 10.0. The van der Waals surface area contributed by atoms with Crippen molar-refractivity contribution >= 4 is 18.4 Å². The molecular weight excluding hydrogens is 274 g/mol. The molecule has 21 heavy (non-hydrogen) atoms. The Bertz CT molecular complexity index is 430. The fourth-order valence-corrected chi connectivity index (χ4v) is 2.12. The van der Waals surface area contributed by atoms with E-state index in [-0.39, 0.29) is 6.04 Å². The highest BCUT2D eigenvalue weighted by Gasteiger charge is 2.28. The first kappa shape index (κ1) is 17.0. The van der Waals surface area contributed by atoms with E-state index in [4.69, 9.17) is 4.74 Å². The van der Waals surface area contributed by atoms with E-state index in [1.165, 1.54) is 16.9 Å². The Morgan fingerprint density at radius 2 is 2.14 bits per heavy atom. The highest BCUT2D eigenvalue weighted by atomic mass is 16.6. The molecule has 0 saturated heterocycles. The van der Waals surface area contributed by atoms with E-state index < -0.39 is 12.2 Å². The lowest BCUT2D eigenvalue weighted by Gasteiger charge is -2.32. The summed E-state index contributed by atoms with van der Waals surface area (Å²) in [5.74, 6) is 0. The van der Waals surface area contributed by atoms with Gasteiger partial charge in [0.15, 0.2) is 0 Å². The molecule has 118 valence electrons. The maximum Gasteiger partial charge on any atom is 0.419 e. The van der Waals surface area contributed by atoms with Crippen LogP contribution in [0.5, 0.6) is 0 Å². The third kappa shape index (κ3) is 4.47. The van der Waals surface area contributed by atoms with Crippen molar-refractivity contribution in [3.05, 3.63) is 11.6 Å². The number of nitrogens with zero attached hydrogens (tertiary/aromatic N) is 3. The molecule has 0 aromatic heterocycles. The standard InChI is InChI=1S/C14H23N3O4/c1-5-16(6-2)13(18)21-14(19)17-9-7-8-12(11(17)3)10-15-20-4/h8,10-11H,5-7,9H2,1-4H3. The molecule has 2 amide bonds. The second kappa shape index (κ2) is 8.28. The summed E-state index contributed by atoms with van der Waals surface area (Å²) in [7, 11) is 1.46.